The Labute approximate surface area is 132 Å². The van der Waals surface area contributed by atoms with Gasteiger partial charge in [-0.15, -0.1) is 0 Å². The van der Waals surface area contributed by atoms with Crippen molar-refractivity contribution in [2.24, 2.45) is 4.99 Å². The van der Waals surface area contributed by atoms with E-state index in [9.17, 15) is 0 Å². The number of pyridine rings is 1. The van der Waals surface area contributed by atoms with Gasteiger partial charge in [-0.25, -0.2) is 0 Å². The van der Waals surface area contributed by atoms with Crippen molar-refractivity contribution in [3.8, 4) is 0 Å². The number of aromatic nitrogens is 1. The van der Waals surface area contributed by atoms with Gasteiger partial charge in [0.15, 0.2) is 5.96 Å². The van der Waals surface area contributed by atoms with Crippen molar-refractivity contribution >= 4 is 5.96 Å². The lowest BCUT2D eigenvalue weighted by Crippen LogP contribution is -2.38. The van der Waals surface area contributed by atoms with Gasteiger partial charge >= 0.3 is 0 Å². The lowest BCUT2D eigenvalue weighted by molar-refractivity contribution is 0.686. The highest BCUT2D eigenvalue weighted by molar-refractivity contribution is 5.80. The first kappa shape index (κ1) is 16.0. The van der Waals surface area contributed by atoms with Crippen LogP contribution in [-0.4, -0.2) is 24.0 Å². The largest absolute Gasteiger partial charge is 0.357 e. The van der Waals surface area contributed by atoms with Crippen LogP contribution < -0.4 is 10.6 Å². The number of hydrogen-bond acceptors (Lipinski definition) is 2. The van der Waals surface area contributed by atoms with Crippen LogP contribution in [0, 0.1) is 0 Å². The van der Waals surface area contributed by atoms with Gasteiger partial charge in [-0.2, -0.15) is 0 Å². The van der Waals surface area contributed by atoms with Gasteiger partial charge in [0.2, 0.25) is 0 Å². The van der Waals surface area contributed by atoms with E-state index in [1.165, 1.54) is 5.56 Å². The van der Waals surface area contributed by atoms with Crippen LogP contribution in [0.25, 0.3) is 0 Å². The third-order valence-corrected chi connectivity index (χ3v) is 3.36. The number of nitrogens with one attached hydrogen (secondary N) is 2. The van der Waals surface area contributed by atoms with Crippen LogP contribution in [0.2, 0.25) is 0 Å². The Morgan fingerprint density at radius 1 is 1.14 bits per heavy atom. The topological polar surface area (TPSA) is 49.3 Å². The van der Waals surface area contributed by atoms with Crippen LogP contribution in [-0.2, 0) is 6.42 Å². The molecule has 1 unspecified atom stereocenters. The number of aliphatic imine (C=N–C) groups is 1. The Kier molecular flexibility index (Phi) is 6.42. The van der Waals surface area contributed by atoms with E-state index in [4.69, 9.17) is 0 Å². The van der Waals surface area contributed by atoms with E-state index in [-0.39, 0.29) is 6.04 Å². The normalized spacial score (nSPS) is 12.7. The number of benzene rings is 1. The predicted molar refractivity (Wildman–Crippen MR) is 91.9 cm³/mol. The van der Waals surface area contributed by atoms with E-state index in [0.717, 1.165) is 24.6 Å². The van der Waals surface area contributed by atoms with E-state index < -0.39 is 0 Å². The maximum absolute atomic E-state index is 4.63. The first-order valence-electron chi connectivity index (χ1n) is 7.79. The third kappa shape index (κ3) is 5.20. The zero-order valence-corrected chi connectivity index (χ0v) is 13.3. The van der Waals surface area contributed by atoms with E-state index in [0.29, 0.717) is 6.54 Å². The minimum atomic E-state index is 0.217. The Hall–Kier alpha value is -2.36. The van der Waals surface area contributed by atoms with Crippen molar-refractivity contribution in [1.82, 2.24) is 15.6 Å². The Bertz CT molecular complexity index is 566. The monoisotopic (exact) mass is 296 g/mol. The van der Waals surface area contributed by atoms with Gasteiger partial charge < -0.3 is 10.6 Å². The molecular formula is C18H24N4. The van der Waals surface area contributed by atoms with Gasteiger partial charge in [0.1, 0.15) is 0 Å². The molecule has 0 fully saturated rings. The second-order valence-electron chi connectivity index (χ2n) is 5.11. The summed E-state index contributed by atoms with van der Waals surface area (Å²) in [4.78, 5) is 8.95. The van der Waals surface area contributed by atoms with E-state index in [1.54, 1.807) is 0 Å². The molecule has 0 bridgehead atoms. The fourth-order valence-corrected chi connectivity index (χ4v) is 2.18. The van der Waals surface area contributed by atoms with Crippen LogP contribution in [0.15, 0.2) is 59.7 Å². The average molecular weight is 296 g/mol. The smallest absolute Gasteiger partial charge is 0.191 e. The zero-order valence-electron chi connectivity index (χ0n) is 13.3. The molecule has 2 rings (SSSR count). The Morgan fingerprint density at radius 2 is 1.91 bits per heavy atom. The number of guanidine groups is 1. The first-order chi connectivity index (χ1) is 10.8. The fourth-order valence-electron chi connectivity index (χ4n) is 2.18. The minimum absolute atomic E-state index is 0.217. The average Bonchev–Trinajstić information content (AvgIpc) is 2.57. The lowest BCUT2D eigenvalue weighted by Gasteiger charge is -2.18. The third-order valence-electron chi connectivity index (χ3n) is 3.36. The van der Waals surface area contributed by atoms with Gasteiger partial charge in [0.25, 0.3) is 0 Å². The molecule has 4 heteroatoms. The summed E-state index contributed by atoms with van der Waals surface area (Å²) in [6, 6.07) is 16.6. The van der Waals surface area contributed by atoms with Crippen LogP contribution in [0.3, 0.4) is 0 Å². The molecule has 0 radical (unpaired) electrons. The molecular weight excluding hydrogens is 272 g/mol. The molecule has 1 heterocycles. The maximum Gasteiger partial charge on any atom is 0.191 e. The number of hydrogen-bond donors (Lipinski definition) is 2. The highest BCUT2D eigenvalue weighted by Crippen LogP contribution is 2.10. The van der Waals surface area contributed by atoms with Gasteiger partial charge in [-0.1, -0.05) is 36.4 Å². The molecule has 1 aromatic heterocycles. The standard InChI is InChI=1S/C18H24N4/c1-3-19-18(21-14-12-17-11-7-8-13-20-17)22-15(2)16-9-5-4-6-10-16/h4-11,13,15H,3,12,14H2,1-2H3,(H2,19,21,22). The Balaban J connectivity index is 1.92. The maximum atomic E-state index is 4.63. The molecule has 4 nitrogen and oxygen atoms in total. The van der Waals surface area contributed by atoms with Gasteiger partial charge in [0, 0.05) is 31.4 Å². The summed E-state index contributed by atoms with van der Waals surface area (Å²) in [6.45, 7) is 5.77. The predicted octanol–water partition coefficient (Wildman–Crippen LogP) is 2.94. The molecule has 116 valence electrons. The summed E-state index contributed by atoms with van der Waals surface area (Å²) in [6.07, 6.45) is 2.66. The first-order valence-corrected chi connectivity index (χ1v) is 7.79. The second kappa shape index (κ2) is 8.82. The van der Waals surface area contributed by atoms with Crippen molar-refractivity contribution < 1.29 is 0 Å². The minimum Gasteiger partial charge on any atom is -0.357 e. The van der Waals surface area contributed by atoms with Crippen LogP contribution >= 0.6 is 0 Å². The molecule has 2 aromatic rings. The summed E-state index contributed by atoms with van der Waals surface area (Å²) in [5, 5.41) is 6.73. The summed E-state index contributed by atoms with van der Waals surface area (Å²) >= 11 is 0. The molecule has 0 amide bonds. The molecule has 0 spiro atoms. The van der Waals surface area contributed by atoms with E-state index >= 15 is 0 Å². The Morgan fingerprint density at radius 3 is 2.59 bits per heavy atom. The van der Waals surface area contributed by atoms with E-state index in [1.807, 2.05) is 30.5 Å². The molecule has 0 saturated heterocycles. The number of nitrogens with zero attached hydrogens (tertiary/aromatic N) is 2. The quantitative estimate of drug-likeness (QED) is 0.636. The highest BCUT2D eigenvalue weighted by Gasteiger charge is 2.06. The molecule has 0 aliphatic carbocycles. The molecule has 0 aliphatic heterocycles. The fraction of sp³-hybridized carbons (Fsp3) is 0.333. The van der Waals surface area contributed by atoms with E-state index in [2.05, 4.69) is 58.7 Å². The van der Waals surface area contributed by atoms with Crippen molar-refractivity contribution in [2.75, 3.05) is 13.1 Å². The molecule has 0 aliphatic rings. The number of rotatable bonds is 6. The highest BCUT2D eigenvalue weighted by atomic mass is 15.2. The van der Waals surface area contributed by atoms with Crippen molar-refractivity contribution in [2.45, 2.75) is 26.3 Å². The van der Waals surface area contributed by atoms with Crippen LogP contribution in [0.1, 0.15) is 31.1 Å². The van der Waals surface area contributed by atoms with Crippen molar-refractivity contribution in [1.29, 1.82) is 0 Å². The molecule has 22 heavy (non-hydrogen) atoms. The van der Waals surface area contributed by atoms with Gasteiger partial charge in [-0.3, -0.25) is 9.98 Å². The molecule has 1 atom stereocenters. The van der Waals surface area contributed by atoms with Gasteiger partial charge in [0.05, 0.1) is 6.04 Å². The summed E-state index contributed by atoms with van der Waals surface area (Å²) in [7, 11) is 0. The second-order valence-corrected chi connectivity index (χ2v) is 5.11. The SMILES string of the molecule is CCNC(=NCCc1ccccn1)NC(C)c1ccccc1. The molecule has 2 N–H and O–H groups in total. The molecule has 0 saturated carbocycles. The van der Waals surface area contributed by atoms with Crippen LogP contribution in [0.5, 0.6) is 0 Å². The van der Waals surface area contributed by atoms with Crippen LogP contribution in [0.4, 0.5) is 0 Å². The van der Waals surface area contributed by atoms with Crippen molar-refractivity contribution in [3.05, 3.63) is 66.0 Å². The summed E-state index contributed by atoms with van der Waals surface area (Å²) in [5.74, 6) is 0.842. The summed E-state index contributed by atoms with van der Waals surface area (Å²) < 4.78 is 0. The van der Waals surface area contributed by atoms with Gasteiger partial charge in [-0.05, 0) is 31.5 Å². The zero-order chi connectivity index (χ0) is 15.6. The molecule has 1 aromatic carbocycles. The van der Waals surface area contributed by atoms with Crippen molar-refractivity contribution in [3.63, 3.8) is 0 Å². The summed E-state index contributed by atoms with van der Waals surface area (Å²) in [5.41, 5.74) is 2.32. The lowest BCUT2D eigenvalue weighted by atomic mass is 10.1.